The van der Waals surface area contributed by atoms with Gasteiger partial charge in [-0.1, -0.05) is 121 Å². The van der Waals surface area contributed by atoms with E-state index in [4.69, 9.17) is 23.7 Å². The molecule has 0 bridgehead atoms. The lowest BCUT2D eigenvalue weighted by Crippen LogP contribution is -2.15. The third kappa shape index (κ3) is 137. The molecular formula is C34H96O5. The van der Waals surface area contributed by atoms with Crippen molar-refractivity contribution in [1.82, 2.24) is 0 Å². The summed E-state index contributed by atoms with van der Waals surface area (Å²) in [5.74, 6) is 0. The number of hydrogen-bond donors (Lipinski definition) is 0. The van der Waals surface area contributed by atoms with Crippen molar-refractivity contribution in [2.24, 2.45) is 0 Å². The van der Waals surface area contributed by atoms with Crippen molar-refractivity contribution < 1.29 is 23.7 Å². The predicted molar refractivity (Wildman–Crippen MR) is 194 cm³/mol. The molecule has 0 aromatic carbocycles. The van der Waals surface area contributed by atoms with E-state index < -0.39 is 0 Å². The lowest BCUT2D eigenvalue weighted by molar-refractivity contribution is -0.136. The number of rotatable bonds is 16. The minimum atomic E-state index is 0. The fourth-order valence-corrected chi connectivity index (χ4v) is 1.91. The van der Waals surface area contributed by atoms with E-state index in [-0.39, 0.29) is 80.6 Å². The number of hydrogen-bond acceptors (Lipinski definition) is 5. The molecule has 0 saturated heterocycles. The van der Waals surface area contributed by atoms with Gasteiger partial charge in [0, 0.05) is 52.9 Å². The standard InChI is InChI=1S/2C7H16O2.C6H14.C4H10O.10CH4/c1-4-7(8-5-2)9-6-3;1-3-8-6-5-7-9-4-2;1-3-5-6-4-2;1-3-5-4-2;;;;;;;;;;/h7H,4-6H2,1-3H3;3-7H2,1-2H3;3-6H2,1-2H3;3-4H2,1-2H3;10*1H4. The van der Waals surface area contributed by atoms with Gasteiger partial charge in [0.15, 0.2) is 6.29 Å². The molecule has 0 rings (SSSR count). The minimum Gasteiger partial charge on any atom is -0.382 e. The molecule has 0 atom stereocenters. The quantitative estimate of drug-likeness (QED) is 0.133. The Bertz CT molecular complexity index is 200. The van der Waals surface area contributed by atoms with E-state index in [1.807, 2.05) is 41.5 Å². The zero-order valence-electron chi connectivity index (χ0n) is 21.5. The van der Waals surface area contributed by atoms with Crippen molar-refractivity contribution in [3.63, 3.8) is 0 Å². The van der Waals surface area contributed by atoms with Gasteiger partial charge in [-0.25, -0.2) is 0 Å². The van der Waals surface area contributed by atoms with Crippen LogP contribution in [0, 0.1) is 0 Å². The molecule has 0 aromatic rings. The van der Waals surface area contributed by atoms with Crippen LogP contribution in [0.1, 0.15) is 175 Å². The summed E-state index contributed by atoms with van der Waals surface area (Å²) >= 11 is 0. The van der Waals surface area contributed by atoms with Gasteiger partial charge in [0.05, 0.1) is 0 Å². The molecule has 5 heteroatoms. The van der Waals surface area contributed by atoms with Gasteiger partial charge in [-0.3, -0.25) is 0 Å². The Kier molecular flexibility index (Phi) is 249. The fraction of sp³-hybridized carbons (Fsp3) is 1.00. The van der Waals surface area contributed by atoms with Crippen LogP contribution in [0.2, 0.25) is 0 Å². The Hall–Kier alpha value is -0.200. The van der Waals surface area contributed by atoms with E-state index >= 15 is 0 Å². The predicted octanol–water partition coefficient (Wildman–Crippen LogP) is 13.2. The summed E-state index contributed by atoms with van der Waals surface area (Å²) in [6.45, 7) is 24.9. The van der Waals surface area contributed by atoms with Gasteiger partial charge in [0.2, 0.25) is 0 Å². The molecule has 0 aliphatic rings. The van der Waals surface area contributed by atoms with Crippen LogP contribution in [-0.2, 0) is 23.7 Å². The minimum absolute atomic E-state index is 0. The first-order valence-electron chi connectivity index (χ1n) is 12.1. The average Bonchev–Trinajstić information content (AvgIpc) is 2.74. The average molecular weight is 585 g/mol. The molecule has 0 amide bonds. The molecule has 0 spiro atoms. The molecule has 39 heavy (non-hydrogen) atoms. The van der Waals surface area contributed by atoms with Crippen molar-refractivity contribution >= 4 is 0 Å². The summed E-state index contributed by atoms with van der Waals surface area (Å²) < 4.78 is 25.5. The van der Waals surface area contributed by atoms with Crippen molar-refractivity contribution in [2.75, 3.05) is 52.9 Å². The van der Waals surface area contributed by atoms with Crippen LogP contribution in [0.25, 0.3) is 0 Å². The Morgan fingerprint density at radius 3 is 0.795 bits per heavy atom. The lowest BCUT2D eigenvalue weighted by Gasteiger charge is -2.13. The first kappa shape index (κ1) is 90.1. The summed E-state index contributed by atoms with van der Waals surface area (Å²) in [6, 6.07) is 0. The Balaban J connectivity index is -0.0000000167. The zero-order valence-corrected chi connectivity index (χ0v) is 21.5. The van der Waals surface area contributed by atoms with Gasteiger partial charge in [0.25, 0.3) is 0 Å². The van der Waals surface area contributed by atoms with Crippen LogP contribution in [0.5, 0.6) is 0 Å². The fourth-order valence-electron chi connectivity index (χ4n) is 1.91. The maximum absolute atomic E-state index is 5.21. The Morgan fingerprint density at radius 1 is 0.359 bits per heavy atom. The maximum Gasteiger partial charge on any atom is 0.157 e. The number of ether oxygens (including phenoxy) is 5. The molecule has 5 nitrogen and oxygen atoms in total. The first-order chi connectivity index (χ1) is 14.1. The van der Waals surface area contributed by atoms with Crippen molar-refractivity contribution in [3.05, 3.63) is 0 Å². The smallest absolute Gasteiger partial charge is 0.157 e. The van der Waals surface area contributed by atoms with Crippen LogP contribution in [0.3, 0.4) is 0 Å². The SMILES string of the molecule is C.C.C.C.C.C.C.C.C.C.CCCCCC.CCOC(CC)OCC.CCOCC.CCOCCCOCC. The van der Waals surface area contributed by atoms with E-state index in [1.165, 1.54) is 25.7 Å². The van der Waals surface area contributed by atoms with Crippen LogP contribution in [-0.4, -0.2) is 59.1 Å². The van der Waals surface area contributed by atoms with Crippen molar-refractivity contribution in [1.29, 1.82) is 0 Å². The largest absolute Gasteiger partial charge is 0.382 e. The molecule has 0 saturated carbocycles. The second kappa shape index (κ2) is 108. The van der Waals surface area contributed by atoms with E-state index in [0.29, 0.717) is 0 Å². The van der Waals surface area contributed by atoms with E-state index in [2.05, 4.69) is 20.8 Å². The molecule has 0 radical (unpaired) electrons. The lowest BCUT2D eigenvalue weighted by atomic mass is 10.2. The van der Waals surface area contributed by atoms with Gasteiger partial charge in [-0.2, -0.15) is 0 Å². The van der Waals surface area contributed by atoms with Crippen LogP contribution in [0.4, 0.5) is 0 Å². The summed E-state index contributed by atoms with van der Waals surface area (Å²) in [5, 5.41) is 0. The topological polar surface area (TPSA) is 46.2 Å². The molecule has 0 fully saturated rings. The third-order valence-electron chi connectivity index (χ3n) is 3.39. The second-order valence-electron chi connectivity index (χ2n) is 5.98. The highest BCUT2D eigenvalue weighted by atomic mass is 16.7. The van der Waals surface area contributed by atoms with Crippen molar-refractivity contribution in [3.8, 4) is 0 Å². The van der Waals surface area contributed by atoms with Gasteiger partial charge in [0.1, 0.15) is 0 Å². The van der Waals surface area contributed by atoms with Crippen molar-refractivity contribution in [2.45, 2.75) is 181 Å². The van der Waals surface area contributed by atoms with Gasteiger partial charge >= 0.3 is 0 Å². The molecular weight excluding hydrogens is 488 g/mol. The van der Waals surface area contributed by atoms with Crippen LogP contribution >= 0.6 is 0 Å². The maximum atomic E-state index is 5.21. The monoisotopic (exact) mass is 585 g/mol. The Labute approximate surface area is 257 Å². The zero-order chi connectivity index (χ0) is 23.0. The van der Waals surface area contributed by atoms with Gasteiger partial charge in [-0.15, -0.1) is 0 Å². The Morgan fingerprint density at radius 2 is 0.641 bits per heavy atom. The van der Waals surface area contributed by atoms with Crippen LogP contribution in [0.15, 0.2) is 0 Å². The van der Waals surface area contributed by atoms with E-state index in [9.17, 15) is 0 Å². The molecule has 0 heterocycles. The van der Waals surface area contributed by atoms with Crippen LogP contribution < -0.4 is 0 Å². The molecule has 0 aliphatic heterocycles. The highest BCUT2D eigenvalue weighted by Crippen LogP contribution is 1.98. The molecule has 0 aromatic heterocycles. The summed E-state index contributed by atoms with van der Waals surface area (Å²) in [5.41, 5.74) is 0. The summed E-state index contributed by atoms with van der Waals surface area (Å²) in [4.78, 5) is 0. The molecule has 0 N–H and O–H groups in total. The highest BCUT2D eigenvalue weighted by Gasteiger charge is 2.01. The van der Waals surface area contributed by atoms with Gasteiger partial charge in [-0.05, 0) is 54.4 Å². The molecule has 0 aliphatic carbocycles. The van der Waals surface area contributed by atoms with E-state index in [0.717, 1.165) is 65.7 Å². The van der Waals surface area contributed by atoms with E-state index in [1.54, 1.807) is 0 Å². The summed E-state index contributed by atoms with van der Waals surface area (Å²) in [6.07, 6.45) is 7.50. The van der Waals surface area contributed by atoms with Gasteiger partial charge < -0.3 is 23.7 Å². The second-order valence-corrected chi connectivity index (χ2v) is 5.98. The highest BCUT2D eigenvalue weighted by molar-refractivity contribution is 4.36. The normalized spacial score (nSPS) is 7.23. The molecule has 0 unspecified atom stereocenters. The molecule has 262 valence electrons. The third-order valence-corrected chi connectivity index (χ3v) is 3.39. The first-order valence-corrected chi connectivity index (χ1v) is 12.1. The summed E-state index contributed by atoms with van der Waals surface area (Å²) in [7, 11) is 0. The number of unbranched alkanes of at least 4 members (excludes halogenated alkanes) is 3.